The van der Waals surface area contributed by atoms with Gasteiger partial charge in [-0.05, 0) is 36.6 Å². The molecule has 158 valence electrons. The fourth-order valence-corrected chi connectivity index (χ4v) is 4.19. The minimum Gasteiger partial charge on any atom is -0.445 e. The Hall–Kier alpha value is -3.07. The number of piperidine rings is 1. The largest absolute Gasteiger partial charge is 0.445 e. The van der Waals surface area contributed by atoms with Crippen molar-refractivity contribution < 1.29 is 22.1 Å². The van der Waals surface area contributed by atoms with E-state index >= 15 is 0 Å². The highest BCUT2D eigenvalue weighted by Crippen LogP contribution is 2.23. The number of azide groups is 1. The van der Waals surface area contributed by atoms with Crippen LogP contribution in [0.25, 0.3) is 10.4 Å². The van der Waals surface area contributed by atoms with Crippen LogP contribution in [0.3, 0.4) is 0 Å². The smallest absolute Gasteiger partial charge is 0.410 e. The van der Waals surface area contributed by atoms with Gasteiger partial charge in [-0.25, -0.2) is 4.79 Å². The van der Waals surface area contributed by atoms with Gasteiger partial charge >= 0.3 is 6.09 Å². The van der Waals surface area contributed by atoms with Crippen LogP contribution in [0, 0.1) is 6.92 Å². The van der Waals surface area contributed by atoms with Gasteiger partial charge in [0.2, 0.25) is 0 Å². The third-order valence-corrected chi connectivity index (χ3v) is 6.10. The molecule has 0 N–H and O–H groups in total. The first-order chi connectivity index (χ1) is 14.4. The Balaban J connectivity index is 1.69. The molecule has 0 spiro atoms. The van der Waals surface area contributed by atoms with E-state index in [1.807, 2.05) is 37.3 Å². The number of aryl methyl sites for hydroxylation is 1. The lowest BCUT2D eigenvalue weighted by Crippen LogP contribution is -2.50. The van der Waals surface area contributed by atoms with Gasteiger partial charge in [-0.3, -0.25) is 4.18 Å². The van der Waals surface area contributed by atoms with E-state index in [9.17, 15) is 13.2 Å². The van der Waals surface area contributed by atoms with Crippen molar-refractivity contribution >= 4 is 16.2 Å². The average Bonchev–Trinajstić information content (AvgIpc) is 2.74. The van der Waals surface area contributed by atoms with Gasteiger partial charge in [0.15, 0.2) is 0 Å². The number of rotatable bonds is 6. The normalized spacial score (nSPS) is 19.0. The number of hydrogen-bond donors (Lipinski definition) is 0. The molecule has 2 atom stereocenters. The van der Waals surface area contributed by atoms with Gasteiger partial charge in [0.1, 0.15) is 12.7 Å². The Morgan fingerprint density at radius 3 is 2.57 bits per heavy atom. The number of carbonyl (C=O) groups is 1. The fraction of sp³-hybridized carbons (Fsp3) is 0.350. The minimum absolute atomic E-state index is 0.00318. The van der Waals surface area contributed by atoms with E-state index in [2.05, 4.69) is 10.0 Å². The Kier molecular flexibility index (Phi) is 6.94. The van der Waals surface area contributed by atoms with Crippen LogP contribution in [-0.4, -0.2) is 44.6 Å². The summed E-state index contributed by atoms with van der Waals surface area (Å²) in [6.45, 7) is 2.14. The SMILES string of the molecule is Cc1ccc(S(=O)(=O)OC2CN(C(=O)OCc3ccccc3)CCC2N=[N+]=[N-])cc1. The van der Waals surface area contributed by atoms with Gasteiger partial charge in [0.25, 0.3) is 10.1 Å². The van der Waals surface area contributed by atoms with Crippen molar-refractivity contribution in [3.8, 4) is 0 Å². The maximum absolute atomic E-state index is 12.7. The highest BCUT2D eigenvalue weighted by Gasteiger charge is 2.36. The van der Waals surface area contributed by atoms with E-state index < -0.39 is 28.4 Å². The Labute approximate surface area is 175 Å². The number of nitrogens with zero attached hydrogens (tertiary/aromatic N) is 4. The highest BCUT2D eigenvalue weighted by atomic mass is 32.2. The Morgan fingerprint density at radius 1 is 1.20 bits per heavy atom. The number of amides is 1. The molecule has 0 aromatic heterocycles. The molecule has 10 heteroatoms. The van der Waals surface area contributed by atoms with Crippen molar-refractivity contribution in [1.82, 2.24) is 4.90 Å². The zero-order chi connectivity index (χ0) is 21.6. The molecule has 0 aliphatic carbocycles. The van der Waals surface area contributed by atoms with E-state index in [0.29, 0.717) is 0 Å². The van der Waals surface area contributed by atoms with E-state index in [4.69, 9.17) is 14.5 Å². The Bertz CT molecular complexity index is 1020. The maximum Gasteiger partial charge on any atom is 0.410 e. The summed E-state index contributed by atoms with van der Waals surface area (Å²) in [6.07, 6.45) is -1.33. The van der Waals surface area contributed by atoms with Crippen LogP contribution in [0.5, 0.6) is 0 Å². The summed E-state index contributed by atoms with van der Waals surface area (Å²) in [6, 6.07) is 14.7. The molecule has 0 saturated carbocycles. The molecule has 9 nitrogen and oxygen atoms in total. The first-order valence-electron chi connectivity index (χ1n) is 9.39. The highest BCUT2D eigenvalue weighted by molar-refractivity contribution is 7.86. The van der Waals surface area contributed by atoms with Crippen LogP contribution < -0.4 is 0 Å². The van der Waals surface area contributed by atoms with E-state index in [1.165, 1.54) is 17.0 Å². The summed E-state index contributed by atoms with van der Waals surface area (Å²) in [7, 11) is -4.09. The molecule has 1 aliphatic heterocycles. The zero-order valence-corrected chi connectivity index (χ0v) is 17.2. The van der Waals surface area contributed by atoms with Gasteiger partial charge in [0.05, 0.1) is 17.5 Å². The van der Waals surface area contributed by atoms with Crippen molar-refractivity contribution in [2.24, 2.45) is 5.11 Å². The van der Waals surface area contributed by atoms with Crippen LogP contribution in [-0.2, 0) is 25.6 Å². The summed E-state index contributed by atoms with van der Waals surface area (Å²) in [4.78, 5) is 16.6. The lowest BCUT2D eigenvalue weighted by atomic mass is 10.0. The lowest BCUT2D eigenvalue weighted by molar-refractivity contribution is 0.0487. The van der Waals surface area contributed by atoms with E-state index in [0.717, 1.165) is 11.1 Å². The molecule has 2 aromatic rings. The molecule has 2 aromatic carbocycles. The molecule has 1 fully saturated rings. The summed E-state index contributed by atoms with van der Waals surface area (Å²) in [5, 5.41) is 3.66. The third kappa shape index (κ3) is 5.50. The molecule has 0 radical (unpaired) electrons. The summed E-state index contributed by atoms with van der Waals surface area (Å²) >= 11 is 0. The van der Waals surface area contributed by atoms with Gasteiger partial charge < -0.3 is 9.64 Å². The topological polar surface area (TPSA) is 122 Å². The molecule has 30 heavy (non-hydrogen) atoms. The first-order valence-corrected chi connectivity index (χ1v) is 10.8. The second-order valence-corrected chi connectivity index (χ2v) is 8.52. The van der Waals surface area contributed by atoms with E-state index in [1.54, 1.807) is 12.1 Å². The predicted octanol–water partition coefficient (Wildman–Crippen LogP) is 3.79. The molecule has 3 rings (SSSR count). The number of likely N-dealkylation sites (tertiary alicyclic amines) is 1. The molecule has 2 unspecified atom stereocenters. The molecular formula is C20H22N4O5S. The summed E-state index contributed by atoms with van der Waals surface area (Å²) < 4.78 is 36.0. The Morgan fingerprint density at radius 2 is 1.90 bits per heavy atom. The number of ether oxygens (including phenoxy) is 1. The fourth-order valence-electron chi connectivity index (χ4n) is 3.10. The van der Waals surface area contributed by atoms with Crippen LogP contribution in [0.1, 0.15) is 17.5 Å². The number of carbonyl (C=O) groups excluding carboxylic acids is 1. The molecule has 1 aliphatic rings. The van der Waals surface area contributed by atoms with Crippen LogP contribution in [0.2, 0.25) is 0 Å². The average molecular weight is 430 g/mol. The standard InChI is InChI=1S/C20H22N4O5S/c1-15-7-9-17(10-8-15)30(26,27)29-19-13-24(12-11-18(19)22-23-21)20(25)28-14-16-5-3-2-4-6-16/h2-10,18-19H,11-14H2,1H3. The van der Waals surface area contributed by atoms with Gasteiger partial charge in [-0.1, -0.05) is 53.1 Å². The summed E-state index contributed by atoms with van der Waals surface area (Å²) in [5.74, 6) is 0. The predicted molar refractivity (Wildman–Crippen MR) is 109 cm³/mol. The molecule has 1 saturated heterocycles. The number of benzene rings is 2. The second-order valence-electron chi connectivity index (χ2n) is 6.95. The minimum atomic E-state index is -4.09. The van der Waals surface area contributed by atoms with Gasteiger partial charge in [-0.2, -0.15) is 8.42 Å². The molecule has 0 bridgehead atoms. The van der Waals surface area contributed by atoms with Crippen molar-refractivity contribution in [3.05, 3.63) is 76.2 Å². The molecule has 1 amide bonds. The van der Waals surface area contributed by atoms with Crippen molar-refractivity contribution in [3.63, 3.8) is 0 Å². The second kappa shape index (κ2) is 9.62. The molecule has 1 heterocycles. The number of hydrogen-bond acceptors (Lipinski definition) is 6. The monoisotopic (exact) mass is 430 g/mol. The molecular weight excluding hydrogens is 408 g/mol. The summed E-state index contributed by atoms with van der Waals surface area (Å²) in [5.41, 5.74) is 10.6. The quantitative estimate of drug-likeness (QED) is 0.299. The maximum atomic E-state index is 12.7. The van der Waals surface area contributed by atoms with Crippen LogP contribution >= 0.6 is 0 Å². The zero-order valence-electron chi connectivity index (χ0n) is 16.4. The third-order valence-electron chi connectivity index (χ3n) is 4.75. The van der Waals surface area contributed by atoms with Crippen LogP contribution in [0.15, 0.2) is 64.6 Å². The van der Waals surface area contributed by atoms with Crippen molar-refractivity contribution in [2.75, 3.05) is 13.1 Å². The van der Waals surface area contributed by atoms with Crippen LogP contribution in [0.4, 0.5) is 4.79 Å². The van der Waals surface area contributed by atoms with E-state index in [-0.39, 0.29) is 31.0 Å². The first kappa shape index (κ1) is 21.6. The van der Waals surface area contributed by atoms with Gasteiger partial charge in [0, 0.05) is 11.5 Å². The lowest BCUT2D eigenvalue weighted by Gasteiger charge is -2.35. The van der Waals surface area contributed by atoms with Crippen molar-refractivity contribution in [1.29, 1.82) is 0 Å². The van der Waals surface area contributed by atoms with Crippen molar-refractivity contribution in [2.45, 2.75) is 37.0 Å². The van der Waals surface area contributed by atoms with Gasteiger partial charge in [-0.15, -0.1) is 0 Å².